The molecule has 1 aromatic heterocycles. The van der Waals surface area contributed by atoms with Gasteiger partial charge in [0.2, 0.25) is 26.4 Å². The monoisotopic (exact) mass is 717 g/mol. The van der Waals surface area contributed by atoms with E-state index in [0.29, 0.717) is 16.4 Å². The van der Waals surface area contributed by atoms with Gasteiger partial charge in [-0.25, -0.2) is 16.8 Å². The Morgan fingerprint density at radius 3 is 1.51 bits per heavy atom. The predicted octanol–water partition coefficient (Wildman–Crippen LogP) is 6.91. The van der Waals surface area contributed by atoms with Crippen molar-refractivity contribution in [3.63, 3.8) is 0 Å². The fourth-order valence-electron chi connectivity index (χ4n) is 10.8. The van der Waals surface area contributed by atoms with Crippen molar-refractivity contribution in [3.05, 3.63) is 168 Å². The van der Waals surface area contributed by atoms with Crippen LogP contribution in [0.5, 0.6) is 0 Å². The summed E-state index contributed by atoms with van der Waals surface area (Å²) in [4.78, 5) is 0.652. The van der Waals surface area contributed by atoms with Crippen LogP contribution in [0.1, 0.15) is 22.3 Å². The lowest BCUT2D eigenvalue weighted by molar-refractivity contribution is 0.594. The standard InChI is InChI=1S/C45H24BNO4S2/c48-52(49)35-17-6-13-30-42(35)46-43-31(14-7-18-36(43)53(50,51)38-20-8-19-37(52)44(38)46)45(30)29-12-5-9-25-21-22-26-23-24-34(41(45)40(26)39(25)29)47-32-15-3-1-10-27(32)28-11-2-4-16-33(28)47/h1-24H. The lowest BCUT2D eigenvalue weighted by atomic mass is 9.30. The van der Waals surface area contributed by atoms with Crippen molar-refractivity contribution in [2.75, 3.05) is 0 Å². The Bertz CT molecular complexity index is 3350. The van der Waals surface area contributed by atoms with Crippen LogP contribution in [-0.2, 0) is 25.1 Å². The van der Waals surface area contributed by atoms with E-state index in [1.54, 1.807) is 30.3 Å². The van der Waals surface area contributed by atoms with E-state index in [0.717, 1.165) is 71.3 Å². The van der Waals surface area contributed by atoms with Gasteiger partial charge in [-0.05, 0) is 97.1 Å². The number of para-hydroxylation sites is 2. The fraction of sp³-hybridized carbons (Fsp3) is 0.0222. The molecule has 0 N–H and O–H groups in total. The Balaban J connectivity index is 1.32. The summed E-state index contributed by atoms with van der Waals surface area (Å²) in [7, 11) is -8.15. The van der Waals surface area contributed by atoms with E-state index in [9.17, 15) is 16.8 Å². The van der Waals surface area contributed by atoms with Crippen molar-refractivity contribution < 1.29 is 16.8 Å². The van der Waals surface area contributed by atoms with Gasteiger partial charge in [0.25, 0.3) is 0 Å². The molecule has 4 aliphatic rings. The molecule has 4 heterocycles. The molecule has 248 valence electrons. The van der Waals surface area contributed by atoms with Crippen molar-refractivity contribution in [1.29, 1.82) is 0 Å². The highest BCUT2D eigenvalue weighted by Gasteiger charge is 2.59. The first-order valence-electron chi connectivity index (χ1n) is 17.7. The molecule has 5 nitrogen and oxygen atoms in total. The summed E-state index contributed by atoms with van der Waals surface area (Å²) in [6.45, 7) is -0.560. The summed E-state index contributed by atoms with van der Waals surface area (Å²) in [6.07, 6.45) is 0. The molecule has 0 bridgehead atoms. The van der Waals surface area contributed by atoms with Crippen molar-refractivity contribution in [2.24, 2.45) is 0 Å². The number of nitrogens with zero attached hydrogens (tertiary/aromatic N) is 1. The molecule has 0 saturated heterocycles. The van der Waals surface area contributed by atoms with E-state index in [1.807, 2.05) is 12.1 Å². The minimum Gasteiger partial charge on any atom is -0.309 e. The summed E-state index contributed by atoms with van der Waals surface area (Å²) in [5.74, 6) is 0. The van der Waals surface area contributed by atoms with Crippen molar-refractivity contribution in [2.45, 2.75) is 25.0 Å². The van der Waals surface area contributed by atoms with Gasteiger partial charge in [-0.3, -0.25) is 0 Å². The Hall–Kier alpha value is -5.96. The average molecular weight is 718 g/mol. The van der Waals surface area contributed by atoms with Crippen molar-refractivity contribution >= 4 is 86.1 Å². The Kier molecular flexibility index (Phi) is 4.84. The minimum absolute atomic E-state index is 0.0782. The second-order valence-electron chi connectivity index (χ2n) is 14.7. The average Bonchev–Trinajstić information content (AvgIpc) is 3.68. The zero-order valence-corrected chi connectivity index (χ0v) is 29.5. The largest absolute Gasteiger partial charge is 0.309 e. The van der Waals surface area contributed by atoms with E-state index < -0.39 is 31.8 Å². The first-order chi connectivity index (χ1) is 25.8. The molecule has 8 heteroatoms. The molecule has 8 aromatic carbocycles. The van der Waals surface area contributed by atoms with Gasteiger partial charge in [-0.15, -0.1) is 0 Å². The molecule has 0 fully saturated rings. The van der Waals surface area contributed by atoms with E-state index >= 15 is 0 Å². The molecule has 13 rings (SSSR count). The molecule has 0 saturated carbocycles. The molecular formula is C45H24BNO4S2. The van der Waals surface area contributed by atoms with Crippen LogP contribution < -0.4 is 16.4 Å². The molecule has 0 atom stereocenters. The summed E-state index contributed by atoms with van der Waals surface area (Å²) < 4.78 is 61.5. The van der Waals surface area contributed by atoms with E-state index in [-0.39, 0.29) is 19.6 Å². The normalized spacial score (nSPS) is 17.0. The minimum atomic E-state index is -4.08. The van der Waals surface area contributed by atoms with Crippen LogP contribution in [0.4, 0.5) is 0 Å². The van der Waals surface area contributed by atoms with Crippen molar-refractivity contribution in [1.82, 2.24) is 4.57 Å². The number of hydrogen-bond acceptors (Lipinski definition) is 4. The third-order valence-electron chi connectivity index (χ3n) is 12.6. The van der Waals surface area contributed by atoms with Crippen LogP contribution in [0.15, 0.2) is 165 Å². The molecule has 1 spiro atoms. The van der Waals surface area contributed by atoms with Gasteiger partial charge in [0.1, 0.15) is 0 Å². The summed E-state index contributed by atoms with van der Waals surface area (Å²) >= 11 is 0. The van der Waals surface area contributed by atoms with Gasteiger partial charge in [0.15, 0.2) is 0 Å². The summed E-state index contributed by atoms with van der Waals surface area (Å²) in [5, 5.41) is 6.64. The first-order valence-corrected chi connectivity index (χ1v) is 20.7. The number of aromatic nitrogens is 1. The zero-order valence-electron chi connectivity index (χ0n) is 27.8. The maximum absolute atomic E-state index is 14.8. The highest BCUT2D eigenvalue weighted by molar-refractivity contribution is 7.93. The first kappa shape index (κ1) is 28.6. The number of benzene rings is 8. The third kappa shape index (κ3) is 2.95. The van der Waals surface area contributed by atoms with Crippen LogP contribution in [0.25, 0.3) is 49.0 Å². The summed E-state index contributed by atoms with van der Waals surface area (Å²) in [6, 6.07) is 48.1. The highest BCUT2D eigenvalue weighted by atomic mass is 32.2. The van der Waals surface area contributed by atoms with Crippen LogP contribution in [-0.4, -0.2) is 28.1 Å². The van der Waals surface area contributed by atoms with E-state index in [1.165, 1.54) is 0 Å². The molecular weight excluding hydrogens is 693 g/mol. The molecule has 1 aliphatic carbocycles. The SMILES string of the molecule is O=S1(=O)c2cccc3c2B2c4c(cccc4S(=O)(=O)c4cccc1c42)C31c2cccc3ccc4ccc(-n5c6ccccc6c6ccccc65)c1c4c23. The predicted molar refractivity (Wildman–Crippen MR) is 210 cm³/mol. The van der Waals surface area contributed by atoms with Crippen LogP contribution in [0, 0.1) is 0 Å². The molecule has 3 aliphatic heterocycles. The fourth-order valence-corrected chi connectivity index (χ4v) is 14.5. The molecule has 0 radical (unpaired) electrons. The topological polar surface area (TPSA) is 73.2 Å². The molecule has 53 heavy (non-hydrogen) atoms. The molecule has 9 aromatic rings. The van der Waals surface area contributed by atoms with Crippen LogP contribution in [0.2, 0.25) is 0 Å². The summed E-state index contributed by atoms with van der Waals surface area (Å²) in [5.41, 5.74) is 7.60. The number of rotatable bonds is 1. The quantitative estimate of drug-likeness (QED) is 0.137. The third-order valence-corrected chi connectivity index (χ3v) is 16.3. The van der Waals surface area contributed by atoms with Gasteiger partial charge >= 0.3 is 0 Å². The Labute approximate surface area is 304 Å². The smallest absolute Gasteiger partial charge is 0.248 e. The van der Waals surface area contributed by atoms with E-state index in [2.05, 4.69) is 108 Å². The van der Waals surface area contributed by atoms with Gasteiger partial charge < -0.3 is 4.57 Å². The van der Waals surface area contributed by atoms with Gasteiger partial charge in [-0.1, -0.05) is 103 Å². The van der Waals surface area contributed by atoms with E-state index in [4.69, 9.17) is 0 Å². The number of sulfone groups is 2. The maximum Gasteiger partial charge on any atom is 0.248 e. The van der Waals surface area contributed by atoms with Crippen molar-refractivity contribution in [3.8, 4) is 5.69 Å². The molecule has 0 amide bonds. The molecule has 0 unspecified atom stereocenters. The zero-order chi connectivity index (χ0) is 35.2. The second-order valence-corrected chi connectivity index (χ2v) is 18.5. The maximum atomic E-state index is 14.8. The second kappa shape index (κ2) is 8.97. The Morgan fingerprint density at radius 1 is 0.434 bits per heavy atom. The van der Waals surface area contributed by atoms with Gasteiger partial charge in [0, 0.05) is 16.3 Å². The van der Waals surface area contributed by atoms with Crippen LogP contribution >= 0.6 is 0 Å². The van der Waals surface area contributed by atoms with Gasteiger partial charge in [-0.2, -0.15) is 0 Å². The van der Waals surface area contributed by atoms with Crippen LogP contribution in [0.3, 0.4) is 0 Å². The number of hydrogen-bond donors (Lipinski definition) is 0. The highest BCUT2D eigenvalue weighted by Crippen LogP contribution is 2.59. The lowest BCUT2D eigenvalue weighted by Gasteiger charge is -2.47. The number of fused-ring (bicyclic) bond motifs is 7. The van der Waals surface area contributed by atoms with Gasteiger partial charge in [0.05, 0.1) is 41.7 Å². The Morgan fingerprint density at radius 2 is 0.906 bits per heavy atom. The lowest BCUT2D eigenvalue weighted by Crippen LogP contribution is -2.68.